The van der Waals surface area contributed by atoms with Gasteiger partial charge in [0, 0.05) is 6.42 Å². The maximum atomic E-state index is 11.0. The summed E-state index contributed by atoms with van der Waals surface area (Å²) in [4.78, 5) is 21.1. The van der Waals surface area contributed by atoms with Gasteiger partial charge in [0.25, 0.3) is 0 Å². The Kier molecular flexibility index (Phi) is 17.5. The van der Waals surface area contributed by atoms with Crippen molar-refractivity contribution in [2.24, 2.45) is 0 Å². The Labute approximate surface area is 137 Å². The van der Waals surface area contributed by atoms with Crippen LogP contribution in [0.4, 0.5) is 0 Å². The van der Waals surface area contributed by atoms with Crippen LogP contribution in [0.15, 0.2) is 0 Å². The molecule has 0 aromatic carbocycles. The Hall–Kier alpha value is -0.860. The predicted octanol–water partition coefficient (Wildman–Crippen LogP) is 5.52. The second-order valence-electron chi connectivity index (χ2n) is 6.39. The van der Waals surface area contributed by atoms with E-state index in [1.165, 1.54) is 83.5 Å². The van der Waals surface area contributed by atoms with Crippen LogP contribution in [0, 0.1) is 0 Å². The van der Waals surface area contributed by atoms with Gasteiger partial charge < -0.3 is 0 Å². The van der Waals surface area contributed by atoms with E-state index in [0.29, 0.717) is 12.8 Å². The summed E-state index contributed by atoms with van der Waals surface area (Å²) >= 11 is 0. The SMILES string of the molecule is CCCCCCCCCCCCCCCCCC(=O)NC=O. The van der Waals surface area contributed by atoms with E-state index in [1.807, 2.05) is 0 Å². The van der Waals surface area contributed by atoms with Crippen molar-refractivity contribution in [3.8, 4) is 0 Å². The van der Waals surface area contributed by atoms with E-state index >= 15 is 0 Å². The van der Waals surface area contributed by atoms with Crippen molar-refractivity contribution >= 4 is 12.3 Å². The third-order valence-corrected chi connectivity index (χ3v) is 4.23. The second kappa shape index (κ2) is 18.2. The molecule has 130 valence electrons. The lowest BCUT2D eigenvalue weighted by molar-refractivity contribution is -0.125. The van der Waals surface area contributed by atoms with E-state index in [1.54, 1.807) is 0 Å². The first kappa shape index (κ1) is 21.1. The van der Waals surface area contributed by atoms with Gasteiger partial charge >= 0.3 is 0 Å². The van der Waals surface area contributed by atoms with Crippen LogP contribution in [0.5, 0.6) is 0 Å². The number of amides is 2. The van der Waals surface area contributed by atoms with Gasteiger partial charge in [0.2, 0.25) is 12.3 Å². The van der Waals surface area contributed by atoms with Gasteiger partial charge in [-0.15, -0.1) is 0 Å². The largest absolute Gasteiger partial charge is 0.299 e. The number of hydrogen-bond donors (Lipinski definition) is 1. The van der Waals surface area contributed by atoms with Crippen LogP contribution in [0.1, 0.15) is 110 Å². The molecular weight excluding hydrogens is 274 g/mol. The first-order chi connectivity index (χ1) is 10.8. The number of hydrogen-bond acceptors (Lipinski definition) is 2. The van der Waals surface area contributed by atoms with E-state index in [4.69, 9.17) is 0 Å². The highest BCUT2D eigenvalue weighted by atomic mass is 16.2. The van der Waals surface area contributed by atoms with Gasteiger partial charge in [-0.05, 0) is 6.42 Å². The van der Waals surface area contributed by atoms with E-state index in [-0.39, 0.29) is 5.91 Å². The highest BCUT2D eigenvalue weighted by Gasteiger charge is 1.99. The summed E-state index contributed by atoms with van der Waals surface area (Å²) in [6.07, 6.45) is 20.8. The molecule has 0 bridgehead atoms. The molecule has 3 heteroatoms. The molecule has 1 N–H and O–H groups in total. The lowest BCUT2D eigenvalue weighted by Gasteiger charge is -2.03. The van der Waals surface area contributed by atoms with E-state index in [9.17, 15) is 9.59 Å². The molecule has 2 amide bonds. The molecule has 0 aliphatic rings. The Balaban J connectivity index is 3.02. The monoisotopic (exact) mass is 311 g/mol. The van der Waals surface area contributed by atoms with E-state index in [0.717, 1.165) is 12.8 Å². The van der Waals surface area contributed by atoms with E-state index in [2.05, 4.69) is 12.2 Å². The highest BCUT2D eigenvalue weighted by Crippen LogP contribution is 2.13. The molecular formula is C19H37NO2. The quantitative estimate of drug-likeness (QED) is 0.284. The van der Waals surface area contributed by atoms with Crippen molar-refractivity contribution in [3.63, 3.8) is 0 Å². The fourth-order valence-corrected chi connectivity index (χ4v) is 2.79. The van der Waals surface area contributed by atoms with Crippen molar-refractivity contribution < 1.29 is 9.59 Å². The van der Waals surface area contributed by atoms with Gasteiger partial charge in [0.1, 0.15) is 0 Å². The third-order valence-electron chi connectivity index (χ3n) is 4.23. The number of unbranched alkanes of at least 4 members (excludes halogenated alkanes) is 14. The summed E-state index contributed by atoms with van der Waals surface area (Å²) in [6.45, 7) is 2.27. The zero-order chi connectivity index (χ0) is 16.3. The molecule has 0 saturated heterocycles. The number of carbonyl (C=O) groups is 2. The normalized spacial score (nSPS) is 10.6. The summed E-state index contributed by atoms with van der Waals surface area (Å²) in [7, 11) is 0. The first-order valence-corrected chi connectivity index (χ1v) is 9.54. The van der Waals surface area contributed by atoms with Gasteiger partial charge in [0.05, 0.1) is 0 Å². The summed E-state index contributed by atoms with van der Waals surface area (Å²) in [6, 6.07) is 0. The minimum Gasteiger partial charge on any atom is -0.299 e. The van der Waals surface area contributed by atoms with Crippen LogP contribution in [-0.4, -0.2) is 12.3 Å². The smallest absolute Gasteiger partial charge is 0.226 e. The zero-order valence-corrected chi connectivity index (χ0v) is 14.7. The predicted molar refractivity (Wildman–Crippen MR) is 93.8 cm³/mol. The van der Waals surface area contributed by atoms with Crippen LogP contribution in [0.25, 0.3) is 0 Å². The van der Waals surface area contributed by atoms with Gasteiger partial charge in [-0.3, -0.25) is 14.9 Å². The van der Waals surface area contributed by atoms with Crippen LogP contribution in [0.3, 0.4) is 0 Å². The topological polar surface area (TPSA) is 46.2 Å². The molecule has 0 saturated carbocycles. The highest BCUT2D eigenvalue weighted by molar-refractivity contribution is 5.85. The zero-order valence-electron chi connectivity index (χ0n) is 14.7. The van der Waals surface area contributed by atoms with Crippen molar-refractivity contribution in [1.82, 2.24) is 5.32 Å². The number of imide groups is 1. The Morgan fingerprint density at radius 3 is 1.41 bits per heavy atom. The van der Waals surface area contributed by atoms with Crippen molar-refractivity contribution in [3.05, 3.63) is 0 Å². The number of rotatable bonds is 17. The molecule has 0 aliphatic carbocycles. The first-order valence-electron chi connectivity index (χ1n) is 9.54. The minimum absolute atomic E-state index is 0.148. The molecule has 3 nitrogen and oxygen atoms in total. The van der Waals surface area contributed by atoms with Gasteiger partial charge in [-0.2, -0.15) is 0 Å². The maximum absolute atomic E-state index is 11.0. The molecule has 0 unspecified atom stereocenters. The molecule has 0 fully saturated rings. The molecule has 0 spiro atoms. The third kappa shape index (κ3) is 17.2. The fraction of sp³-hybridized carbons (Fsp3) is 0.895. The lowest BCUT2D eigenvalue weighted by Crippen LogP contribution is -2.20. The van der Waals surface area contributed by atoms with Crippen LogP contribution >= 0.6 is 0 Å². The summed E-state index contributed by atoms with van der Waals surface area (Å²) in [5, 5.41) is 2.18. The summed E-state index contributed by atoms with van der Waals surface area (Å²) < 4.78 is 0. The lowest BCUT2D eigenvalue weighted by atomic mass is 10.0. The average molecular weight is 312 g/mol. The average Bonchev–Trinajstić information content (AvgIpc) is 2.51. The fourth-order valence-electron chi connectivity index (χ4n) is 2.79. The summed E-state index contributed by atoms with van der Waals surface area (Å²) in [5.41, 5.74) is 0. The van der Waals surface area contributed by atoms with E-state index < -0.39 is 0 Å². The minimum atomic E-state index is -0.148. The van der Waals surface area contributed by atoms with Gasteiger partial charge in [0.15, 0.2) is 0 Å². The molecule has 0 rings (SSSR count). The van der Waals surface area contributed by atoms with Crippen LogP contribution < -0.4 is 5.32 Å². The standard InChI is InChI=1S/C19H37NO2/c1-2-3-4-5-6-7-8-9-10-11-12-13-14-15-16-17-19(22)20-18-21/h18H,2-17H2,1H3,(H,20,21,22). The van der Waals surface area contributed by atoms with Gasteiger partial charge in [-0.1, -0.05) is 96.8 Å². The van der Waals surface area contributed by atoms with Crippen molar-refractivity contribution in [2.75, 3.05) is 0 Å². The Morgan fingerprint density at radius 1 is 0.682 bits per heavy atom. The molecule has 0 aromatic heterocycles. The molecule has 0 aromatic rings. The molecule has 22 heavy (non-hydrogen) atoms. The maximum Gasteiger partial charge on any atom is 0.226 e. The summed E-state index contributed by atoms with van der Waals surface area (Å²) in [5.74, 6) is -0.148. The van der Waals surface area contributed by atoms with Crippen molar-refractivity contribution in [2.45, 2.75) is 110 Å². The Morgan fingerprint density at radius 2 is 1.05 bits per heavy atom. The van der Waals surface area contributed by atoms with Crippen LogP contribution in [0.2, 0.25) is 0 Å². The number of nitrogens with one attached hydrogen (secondary N) is 1. The molecule has 0 heterocycles. The van der Waals surface area contributed by atoms with Crippen LogP contribution in [-0.2, 0) is 9.59 Å². The molecule has 0 atom stereocenters. The molecule has 0 aliphatic heterocycles. The second-order valence-corrected chi connectivity index (χ2v) is 6.39. The Bertz CT molecular complexity index is 254. The van der Waals surface area contributed by atoms with Gasteiger partial charge in [-0.25, -0.2) is 0 Å². The molecule has 0 radical (unpaired) electrons. The van der Waals surface area contributed by atoms with Crippen molar-refractivity contribution in [1.29, 1.82) is 0 Å². The number of carbonyl (C=O) groups excluding carboxylic acids is 2.